The van der Waals surface area contributed by atoms with Crippen LogP contribution >= 0.6 is 11.6 Å². The van der Waals surface area contributed by atoms with Crippen LogP contribution in [0.1, 0.15) is 23.5 Å². The second-order valence-corrected chi connectivity index (χ2v) is 5.37. The third-order valence-corrected chi connectivity index (χ3v) is 3.60. The van der Waals surface area contributed by atoms with Gasteiger partial charge in [-0.25, -0.2) is 0 Å². The lowest BCUT2D eigenvalue weighted by Crippen LogP contribution is -2.15. The molecule has 0 fully saturated rings. The predicted molar refractivity (Wildman–Crippen MR) is 84.5 cm³/mol. The first-order valence-electron chi connectivity index (χ1n) is 6.84. The number of ether oxygens (including phenoxy) is 1. The molecule has 0 saturated heterocycles. The van der Waals surface area contributed by atoms with Crippen molar-refractivity contribution >= 4 is 11.6 Å². The summed E-state index contributed by atoms with van der Waals surface area (Å²) >= 11 is 5.90. The average molecular weight is 290 g/mol. The highest BCUT2D eigenvalue weighted by Gasteiger charge is 2.09. The SMILES string of the molecule is Cc1cccc(OCCC(CN)c2ccc(Cl)cc2)c1. The molecule has 2 rings (SSSR count). The summed E-state index contributed by atoms with van der Waals surface area (Å²) in [7, 11) is 0. The molecule has 106 valence electrons. The summed E-state index contributed by atoms with van der Waals surface area (Å²) < 4.78 is 5.78. The molecule has 2 nitrogen and oxygen atoms in total. The minimum Gasteiger partial charge on any atom is -0.494 e. The zero-order chi connectivity index (χ0) is 14.4. The molecule has 2 aromatic rings. The first-order chi connectivity index (χ1) is 9.69. The highest BCUT2D eigenvalue weighted by atomic mass is 35.5. The highest BCUT2D eigenvalue weighted by Crippen LogP contribution is 2.21. The summed E-state index contributed by atoms with van der Waals surface area (Å²) in [5.41, 5.74) is 8.27. The summed E-state index contributed by atoms with van der Waals surface area (Å²) in [6, 6.07) is 16.0. The Hall–Kier alpha value is -1.51. The molecule has 0 bridgehead atoms. The minimum atomic E-state index is 0.303. The lowest BCUT2D eigenvalue weighted by molar-refractivity contribution is 0.298. The maximum atomic E-state index is 5.90. The van der Waals surface area contributed by atoms with Crippen molar-refractivity contribution in [2.75, 3.05) is 13.2 Å². The lowest BCUT2D eigenvalue weighted by atomic mass is 9.96. The van der Waals surface area contributed by atoms with Gasteiger partial charge in [0.1, 0.15) is 5.75 Å². The Kier molecular flexibility index (Phi) is 5.45. The maximum absolute atomic E-state index is 5.90. The molecule has 2 N–H and O–H groups in total. The predicted octanol–water partition coefficient (Wildman–Crippen LogP) is 4.16. The normalized spacial score (nSPS) is 12.2. The first kappa shape index (κ1) is 14.9. The summed E-state index contributed by atoms with van der Waals surface area (Å²) in [6.45, 7) is 3.33. The molecule has 1 unspecified atom stereocenters. The van der Waals surface area contributed by atoms with Crippen LogP contribution in [0.15, 0.2) is 48.5 Å². The van der Waals surface area contributed by atoms with Gasteiger partial charge in [-0.05, 0) is 61.2 Å². The van der Waals surface area contributed by atoms with Crippen molar-refractivity contribution in [3.05, 3.63) is 64.7 Å². The van der Waals surface area contributed by atoms with Crippen molar-refractivity contribution in [2.45, 2.75) is 19.3 Å². The van der Waals surface area contributed by atoms with Gasteiger partial charge >= 0.3 is 0 Å². The quantitative estimate of drug-likeness (QED) is 0.866. The second kappa shape index (κ2) is 7.32. The smallest absolute Gasteiger partial charge is 0.119 e. The van der Waals surface area contributed by atoms with Crippen molar-refractivity contribution in [1.29, 1.82) is 0 Å². The van der Waals surface area contributed by atoms with Crippen molar-refractivity contribution in [3.8, 4) is 5.75 Å². The monoisotopic (exact) mass is 289 g/mol. The molecule has 0 saturated carbocycles. The first-order valence-corrected chi connectivity index (χ1v) is 7.22. The van der Waals surface area contributed by atoms with E-state index in [9.17, 15) is 0 Å². The average Bonchev–Trinajstić information content (AvgIpc) is 2.45. The van der Waals surface area contributed by atoms with E-state index in [0.29, 0.717) is 19.1 Å². The molecule has 0 aliphatic carbocycles. The van der Waals surface area contributed by atoms with Gasteiger partial charge in [0.15, 0.2) is 0 Å². The minimum absolute atomic E-state index is 0.303. The summed E-state index contributed by atoms with van der Waals surface area (Å²) in [5.74, 6) is 1.22. The third kappa shape index (κ3) is 4.26. The van der Waals surface area contributed by atoms with Crippen LogP contribution in [0.5, 0.6) is 5.75 Å². The number of halogens is 1. The van der Waals surface area contributed by atoms with E-state index in [1.807, 2.05) is 42.5 Å². The second-order valence-electron chi connectivity index (χ2n) is 4.94. The van der Waals surface area contributed by atoms with Crippen LogP contribution in [0.3, 0.4) is 0 Å². The van der Waals surface area contributed by atoms with Crippen LogP contribution < -0.4 is 10.5 Å². The van der Waals surface area contributed by atoms with Crippen LogP contribution in [0.2, 0.25) is 5.02 Å². The molecule has 0 amide bonds. The van der Waals surface area contributed by atoms with E-state index in [-0.39, 0.29) is 0 Å². The van der Waals surface area contributed by atoms with Gasteiger partial charge in [-0.15, -0.1) is 0 Å². The summed E-state index contributed by atoms with van der Waals surface area (Å²) in [4.78, 5) is 0. The Balaban J connectivity index is 1.89. The van der Waals surface area contributed by atoms with E-state index >= 15 is 0 Å². The number of hydrogen-bond acceptors (Lipinski definition) is 2. The maximum Gasteiger partial charge on any atom is 0.119 e. The van der Waals surface area contributed by atoms with Gasteiger partial charge in [0, 0.05) is 5.02 Å². The number of aryl methyl sites for hydroxylation is 1. The number of hydrogen-bond donors (Lipinski definition) is 1. The van der Waals surface area contributed by atoms with Crippen LogP contribution in [0.4, 0.5) is 0 Å². The molecule has 0 heterocycles. The standard InChI is InChI=1S/C17H20ClNO/c1-13-3-2-4-17(11-13)20-10-9-15(12-19)14-5-7-16(18)8-6-14/h2-8,11,15H,9-10,12,19H2,1H3. The van der Waals surface area contributed by atoms with Gasteiger partial charge in [0.25, 0.3) is 0 Å². The van der Waals surface area contributed by atoms with E-state index in [2.05, 4.69) is 13.0 Å². The van der Waals surface area contributed by atoms with Gasteiger partial charge in [0.05, 0.1) is 6.61 Å². The molecule has 0 radical (unpaired) electrons. The van der Waals surface area contributed by atoms with Crippen molar-refractivity contribution in [1.82, 2.24) is 0 Å². The summed E-state index contributed by atoms with van der Waals surface area (Å²) in [6.07, 6.45) is 0.895. The fraction of sp³-hybridized carbons (Fsp3) is 0.294. The topological polar surface area (TPSA) is 35.2 Å². The molecule has 0 aromatic heterocycles. The van der Waals surface area contributed by atoms with E-state index in [1.54, 1.807) is 0 Å². The van der Waals surface area contributed by atoms with E-state index in [4.69, 9.17) is 22.1 Å². The molecule has 3 heteroatoms. The van der Waals surface area contributed by atoms with Crippen molar-refractivity contribution < 1.29 is 4.74 Å². The van der Waals surface area contributed by atoms with Gasteiger partial charge in [-0.3, -0.25) is 0 Å². The van der Waals surface area contributed by atoms with Crippen molar-refractivity contribution in [2.24, 2.45) is 5.73 Å². The Bertz CT molecular complexity index is 539. The number of benzene rings is 2. The van der Waals surface area contributed by atoms with Gasteiger partial charge in [-0.1, -0.05) is 35.9 Å². The van der Waals surface area contributed by atoms with E-state index in [1.165, 1.54) is 11.1 Å². The highest BCUT2D eigenvalue weighted by molar-refractivity contribution is 6.30. The number of nitrogens with two attached hydrogens (primary N) is 1. The Morgan fingerprint density at radius 2 is 1.90 bits per heavy atom. The van der Waals surface area contributed by atoms with E-state index in [0.717, 1.165) is 17.2 Å². The third-order valence-electron chi connectivity index (χ3n) is 3.35. The van der Waals surface area contributed by atoms with Crippen molar-refractivity contribution in [3.63, 3.8) is 0 Å². The van der Waals surface area contributed by atoms with Crippen LogP contribution in [0.25, 0.3) is 0 Å². The van der Waals surface area contributed by atoms with Crippen LogP contribution in [0, 0.1) is 6.92 Å². The molecular weight excluding hydrogens is 270 g/mol. The summed E-state index contributed by atoms with van der Waals surface area (Å²) in [5, 5.41) is 0.750. The Morgan fingerprint density at radius 3 is 2.55 bits per heavy atom. The molecule has 0 aliphatic heterocycles. The Morgan fingerprint density at radius 1 is 1.15 bits per heavy atom. The molecule has 2 aromatic carbocycles. The molecule has 0 spiro atoms. The molecule has 20 heavy (non-hydrogen) atoms. The zero-order valence-electron chi connectivity index (χ0n) is 11.7. The number of rotatable bonds is 6. The van der Waals surface area contributed by atoms with Gasteiger partial charge in [-0.2, -0.15) is 0 Å². The largest absolute Gasteiger partial charge is 0.494 e. The fourth-order valence-corrected chi connectivity index (χ4v) is 2.31. The zero-order valence-corrected chi connectivity index (χ0v) is 12.4. The van der Waals surface area contributed by atoms with Gasteiger partial charge in [0.2, 0.25) is 0 Å². The lowest BCUT2D eigenvalue weighted by Gasteiger charge is -2.16. The molecule has 1 atom stereocenters. The van der Waals surface area contributed by atoms with Crippen LogP contribution in [-0.4, -0.2) is 13.2 Å². The Labute approximate surface area is 125 Å². The van der Waals surface area contributed by atoms with Crippen LogP contribution in [-0.2, 0) is 0 Å². The van der Waals surface area contributed by atoms with Gasteiger partial charge < -0.3 is 10.5 Å². The molecule has 0 aliphatic rings. The fourth-order valence-electron chi connectivity index (χ4n) is 2.18. The van der Waals surface area contributed by atoms with E-state index < -0.39 is 0 Å². The molecular formula is C17H20ClNO.